The van der Waals surface area contributed by atoms with Crippen molar-refractivity contribution in [2.75, 3.05) is 52.5 Å². The Hall–Kier alpha value is -1.43. The summed E-state index contributed by atoms with van der Waals surface area (Å²) in [5.41, 5.74) is 0. The van der Waals surface area contributed by atoms with Crippen LogP contribution in [0.2, 0.25) is 0 Å². The highest BCUT2D eigenvalue weighted by molar-refractivity contribution is 5.81. The monoisotopic (exact) mass is 308 g/mol. The summed E-state index contributed by atoms with van der Waals surface area (Å²) in [6.07, 6.45) is 5.60. The minimum absolute atomic E-state index is 0.138. The van der Waals surface area contributed by atoms with Crippen LogP contribution in [-0.4, -0.2) is 74.4 Å². The van der Waals surface area contributed by atoms with Crippen molar-refractivity contribution in [2.45, 2.75) is 12.5 Å². The Morgan fingerprint density at radius 3 is 2.41 bits per heavy atom. The van der Waals surface area contributed by atoms with Crippen LogP contribution in [0.1, 0.15) is 6.42 Å². The summed E-state index contributed by atoms with van der Waals surface area (Å²) in [4.78, 5) is 16.0. The van der Waals surface area contributed by atoms with Crippen molar-refractivity contribution < 1.29 is 14.3 Å². The number of carbonyl (C=O) groups is 1. The first-order valence-electron chi connectivity index (χ1n) is 7.77. The highest BCUT2D eigenvalue weighted by atomic mass is 16.5. The normalized spacial score (nSPS) is 17.0. The Balaban J connectivity index is 2.51. The molecule has 0 N–H and O–H groups in total. The molecule has 1 heterocycles. The van der Waals surface area contributed by atoms with Gasteiger partial charge in [-0.1, -0.05) is 18.7 Å². The van der Waals surface area contributed by atoms with Gasteiger partial charge in [0.1, 0.15) is 6.10 Å². The molecule has 1 saturated heterocycles. The third kappa shape index (κ3) is 7.54. The van der Waals surface area contributed by atoms with Gasteiger partial charge in [-0.3, -0.25) is 9.80 Å². The molecular weight excluding hydrogens is 280 g/mol. The first kappa shape index (κ1) is 18.6. The third-order valence-corrected chi connectivity index (χ3v) is 3.56. The maximum atomic E-state index is 11.5. The van der Waals surface area contributed by atoms with Gasteiger partial charge in [-0.15, -0.1) is 13.2 Å². The molecule has 1 rings (SSSR count). The van der Waals surface area contributed by atoms with E-state index in [4.69, 9.17) is 9.47 Å². The highest BCUT2D eigenvalue weighted by Crippen LogP contribution is 2.07. The molecule has 0 aromatic carbocycles. The van der Waals surface area contributed by atoms with Crippen molar-refractivity contribution in [1.82, 2.24) is 9.80 Å². The Bertz CT molecular complexity index is 355. The van der Waals surface area contributed by atoms with Gasteiger partial charge in [0.25, 0.3) is 0 Å². The predicted molar refractivity (Wildman–Crippen MR) is 88.8 cm³/mol. The Labute approximate surface area is 133 Å². The average Bonchev–Trinajstić information content (AvgIpc) is 2.53. The molecule has 0 aliphatic carbocycles. The van der Waals surface area contributed by atoms with Crippen molar-refractivity contribution in [2.24, 2.45) is 0 Å². The lowest BCUT2D eigenvalue weighted by molar-refractivity contribution is -0.144. The molecule has 1 aliphatic heterocycles. The minimum atomic E-state index is -0.364. The van der Waals surface area contributed by atoms with Crippen LogP contribution in [0.4, 0.5) is 0 Å². The fraction of sp³-hybridized carbons (Fsp3) is 0.588. The van der Waals surface area contributed by atoms with Crippen molar-refractivity contribution in [3.8, 4) is 0 Å². The van der Waals surface area contributed by atoms with Crippen LogP contribution in [0, 0.1) is 0 Å². The van der Waals surface area contributed by atoms with Gasteiger partial charge >= 0.3 is 5.97 Å². The molecule has 22 heavy (non-hydrogen) atoms. The first-order chi connectivity index (χ1) is 10.7. The predicted octanol–water partition coefficient (Wildman–Crippen LogP) is 1.48. The Kier molecular flexibility index (Phi) is 9.46. The molecule has 1 fully saturated rings. The quantitative estimate of drug-likeness (QED) is 0.328. The molecule has 1 aliphatic rings. The van der Waals surface area contributed by atoms with Gasteiger partial charge < -0.3 is 9.47 Å². The van der Waals surface area contributed by atoms with E-state index >= 15 is 0 Å². The molecule has 0 aromatic rings. The summed E-state index contributed by atoms with van der Waals surface area (Å²) in [6.45, 7) is 17.4. The summed E-state index contributed by atoms with van der Waals surface area (Å²) >= 11 is 0. The third-order valence-electron chi connectivity index (χ3n) is 3.56. The summed E-state index contributed by atoms with van der Waals surface area (Å²) in [7, 11) is 0. The minimum Gasteiger partial charge on any atom is -0.458 e. The van der Waals surface area contributed by atoms with Gasteiger partial charge in [0, 0.05) is 45.3 Å². The summed E-state index contributed by atoms with van der Waals surface area (Å²) < 4.78 is 10.8. The summed E-state index contributed by atoms with van der Waals surface area (Å²) in [6, 6.07) is 0. The standard InChI is InChI=1S/C17H28N2O3/c1-4-8-18(9-5-2)10-7-16(22-17(20)6-3)15-19-11-13-21-14-12-19/h4-6,16H,1-3,7-15H2. The van der Waals surface area contributed by atoms with Crippen LogP contribution < -0.4 is 0 Å². The summed E-state index contributed by atoms with van der Waals surface area (Å²) in [5.74, 6) is -0.364. The van der Waals surface area contributed by atoms with E-state index in [2.05, 4.69) is 29.5 Å². The zero-order valence-corrected chi connectivity index (χ0v) is 13.4. The van der Waals surface area contributed by atoms with Crippen LogP contribution in [0.5, 0.6) is 0 Å². The van der Waals surface area contributed by atoms with Crippen LogP contribution in [0.3, 0.4) is 0 Å². The van der Waals surface area contributed by atoms with Gasteiger partial charge in [0.15, 0.2) is 0 Å². The molecule has 1 atom stereocenters. The van der Waals surface area contributed by atoms with Crippen molar-refractivity contribution in [1.29, 1.82) is 0 Å². The molecule has 0 amide bonds. The van der Waals surface area contributed by atoms with Crippen molar-refractivity contribution >= 4 is 5.97 Å². The van der Waals surface area contributed by atoms with E-state index in [9.17, 15) is 4.79 Å². The fourth-order valence-electron chi connectivity index (χ4n) is 2.42. The number of morpholine rings is 1. The van der Waals surface area contributed by atoms with E-state index < -0.39 is 0 Å². The van der Waals surface area contributed by atoms with E-state index in [1.807, 2.05) is 12.2 Å². The second-order valence-corrected chi connectivity index (χ2v) is 5.30. The lowest BCUT2D eigenvalue weighted by Gasteiger charge is -2.31. The molecule has 5 nitrogen and oxygen atoms in total. The Morgan fingerprint density at radius 2 is 1.86 bits per heavy atom. The zero-order valence-electron chi connectivity index (χ0n) is 13.4. The number of nitrogens with zero attached hydrogens (tertiary/aromatic N) is 2. The fourth-order valence-corrected chi connectivity index (χ4v) is 2.42. The number of esters is 1. The van der Waals surface area contributed by atoms with Crippen LogP contribution >= 0.6 is 0 Å². The van der Waals surface area contributed by atoms with Gasteiger partial charge in [0.05, 0.1) is 13.2 Å². The van der Waals surface area contributed by atoms with E-state index in [1.165, 1.54) is 6.08 Å². The molecule has 0 aromatic heterocycles. The van der Waals surface area contributed by atoms with Gasteiger partial charge in [0.2, 0.25) is 0 Å². The molecule has 124 valence electrons. The van der Waals surface area contributed by atoms with E-state index in [1.54, 1.807) is 0 Å². The maximum absolute atomic E-state index is 11.5. The van der Waals surface area contributed by atoms with E-state index in [-0.39, 0.29) is 12.1 Å². The van der Waals surface area contributed by atoms with Crippen molar-refractivity contribution in [3.63, 3.8) is 0 Å². The lowest BCUT2D eigenvalue weighted by atomic mass is 10.2. The SMILES string of the molecule is C=CCN(CC=C)CCC(CN1CCOCC1)OC(=O)C=C. The number of carbonyl (C=O) groups excluding carboxylic acids is 1. The molecule has 5 heteroatoms. The molecule has 0 spiro atoms. The van der Waals surface area contributed by atoms with E-state index in [0.29, 0.717) is 0 Å². The number of rotatable bonds is 11. The summed E-state index contributed by atoms with van der Waals surface area (Å²) in [5, 5.41) is 0. The van der Waals surface area contributed by atoms with Crippen LogP contribution in [0.15, 0.2) is 38.0 Å². The molecule has 1 unspecified atom stereocenters. The molecule has 0 radical (unpaired) electrons. The van der Waals surface area contributed by atoms with Crippen molar-refractivity contribution in [3.05, 3.63) is 38.0 Å². The first-order valence-corrected chi connectivity index (χ1v) is 7.77. The average molecular weight is 308 g/mol. The molecule has 0 saturated carbocycles. The van der Waals surface area contributed by atoms with E-state index in [0.717, 1.165) is 58.9 Å². The molecular formula is C17H28N2O3. The van der Waals surface area contributed by atoms with Gasteiger partial charge in [-0.2, -0.15) is 0 Å². The van der Waals surface area contributed by atoms with Gasteiger partial charge in [-0.05, 0) is 6.42 Å². The number of hydrogen-bond acceptors (Lipinski definition) is 5. The molecule has 0 bridgehead atoms. The van der Waals surface area contributed by atoms with Gasteiger partial charge in [-0.25, -0.2) is 4.79 Å². The topological polar surface area (TPSA) is 42.0 Å². The zero-order chi connectivity index (χ0) is 16.2. The lowest BCUT2D eigenvalue weighted by Crippen LogP contribution is -2.43. The van der Waals surface area contributed by atoms with Crippen LogP contribution in [0.25, 0.3) is 0 Å². The maximum Gasteiger partial charge on any atom is 0.330 e. The van der Waals surface area contributed by atoms with Crippen LogP contribution in [-0.2, 0) is 14.3 Å². The second-order valence-electron chi connectivity index (χ2n) is 5.30. The highest BCUT2D eigenvalue weighted by Gasteiger charge is 2.20. The second kappa shape index (κ2) is 11.2. The number of ether oxygens (including phenoxy) is 2. The largest absolute Gasteiger partial charge is 0.458 e. The number of hydrogen-bond donors (Lipinski definition) is 0. The smallest absolute Gasteiger partial charge is 0.330 e. The Morgan fingerprint density at radius 1 is 1.23 bits per heavy atom.